The van der Waals surface area contributed by atoms with Crippen LogP contribution in [0.5, 0.6) is 0 Å². The smallest absolute Gasteiger partial charge is 0.344 e. The number of carboxylic acids is 1. The minimum Gasteiger partial charge on any atom is -0.480 e. The average molecular weight is 413 g/mol. The van der Waals surface area contributed by atoms with Gasteiger partial charge < -0.3 is 22.0 Å². The highest BCUT2D eigenvalue weighted by Gasteiger charge is 2.52. The van der Waals surface area contributed by atoms with E-state index in [1.807, 2.05) is 0 Å². The fraction of sp³-hybridized carbons (Fsp3) is 0.312. The number of rotatable bonds is 6. The van der Waals surface area contributed by atoms with Crippen molar-refractivity contribution in [3.8, 4) is 0 Å². The summed E-state index contributed by atoms with van der Waals surface area (Å²) in [6.45, 7) is 2.05. The van der Waals surface area contributed by atoms with E-state index in [2.05, 4.69) is 10.4 Å². The third-order valence-corrected chi connectivity index (χ3v) is 4.17. The van der Waals surface area contributed by atoms with Crippen molar-refractivity contribution in [3.05, 3.63) is 35.4 Å². The van der Waals surface area contributed by atoms with Crippen molar-refractivity contribution >= 4 is 42.4 Å². The van der Waals surface area contributed by atoms with Gasteiger partial charge in [-0.1, -0.05) is 24.3 Å². The number of hydrogen-bond donors (Lipinski definition) is 4. The largest absolute Gasteiger partial charge is 0.480 e. The lowest BCUT2D eigenvalue weighted by Gasteiger charge is -2.30. The van der Waals surface area contributed by atoms with Crippen molar-refractivity contribution in [2.75, 3.05) is 6.54 Å². The first-order valence-electron chi connectivity index (χ1n) is 7.88. The summed E-state index contributed by atoms with van der Waals surface area (Å²) in [5.74, 6) is 2.29. The third kappa shape index (κ3) is 4.21. The van der Waals surface area contributed by atoms with Crippen LogP contribution >= 0.6 is 12.4 Å². The number of hydrazone groups is 1. The lowest BCUT2D eigenvalue weighted by atomic mass is 9.91. The van der Waals surface area contributed by atoms with Crippen molar-refractivity contribution in [3.63, 3.8) is 0 Å². The maximum absolute atomic E-state index is 13.0. The molecule has 2 rings (SSSR count). The number of imide groups is 1. The zero-order valence-electron chi connectivity index (χ0n) is 15.2. The molecule has 1 aromatic rings. The number of halogens is 1. The van der Waals surface area contributed by atoms with Gasteiger partial charge in [0.05, 0.1) is 12.8 Å². The van der Waals surface area contributed by atoms with E-state index < -0.39 is 41.9 Å². The number of carboxylic acid groups (broad SMARTS) is 1. The monoisotopic (exact) mass is 412 g/mol. The highest BCUT2D eigenvalue weighted by Crippen LogP contribution is 2.30. The van der Waals surface area contributed by atoms with Crippen LogP contribution in [0, 0.1) is 0 Å². The topological polar surface area (TPSA) is 171 Å². The molecule has 12 heteroatoms. The van der Waals surface area contributed by atoms with Crippen LogP contribution in [0.3, 0.4) is 0 Å². The molecule has 0 radical (unpaired) electrons. The van der Waals surface area contributed by atoms with Gasteiger partial charge in [-0.05, 0) is 18.1 Å². The normalized spacial score (nSPS) is 19.9. The van der Waals surface area contributed by atoms with Crippen molar-refractivity contribution in [1.29, 1.82) is 0 Å². The summed E-state index contributed by atoms with van der Waals surface area (Å²) in [6, 6.07) is 4.21. The standard InChI is InChI=1S/C16H20N6O5.ClH/c1-9(23)21(8-12(17)13(24)25)22-14(26)16(2,20-15(22)27)11-5-3-10(4-6-11)7-19-18;/h3-7,12H,8,17-18H2,1-2H3,(H,20,27)(H,24,25);1H/t12-,16+;/m0./s1. The zero-order valence-corrected chi connectivity index (χ0v) is 16.0. The maximum atomic E-state index is 13.0. The van der Waals surface area contributed by atoms with Crippen LogP contribution in [0.15, 0.2) is 29.4 Å². The number of hydrogen-bond acceptors (Lipinski definition) is 7. The third-order valence-electron chi connectivity index (χ3n) is 4.17. The first kappa shape index (κ1) is 22.9. The molecule has 1 aliphatic heterocycles. The average Bonchev–Trinajstić information content (AvgIpc) is 2.83. The van der Waals surface area contributed by atoms with Crippen LogP contribution in [0.4, 0.5) is 4.79 Å². The molecule has 2 atom stereocenters. The van der Waals surface area contributed by atoms with Gasteiger partial charge in [-0.2, -0.15) is 10.1 Å². The summed E-state index contributed by atoms with van der Waals surface area (Å²) in [5, 5.41) is 16.2. The first-order valence-corrected chi connectivity index (χ1v) is 7.88. The molecule has 0 saturated carbocycles. The van der Waals surface area contributed by atoms with Crippen molar-refractivity contribution in [2.24, 2.45) is 16.7 Å². The second-order valence-electron chi connectivity index (χ2n) is 6.12. The fourth-order valence-corrected chi connectivity index (χ4v) is 2.64. The number of nitrogens with two attached hydrogens (primary N) is 2. The zero-order chi connectivity index (χ0) is 20.4. The highest BCUT2D eigenvalue weighted by atomic mass is 35.5. The van der Waals surface area contributed by atoms with Crippen molar-refractivity contribution in [2.45, 2.75) is 25.4 Å². The molecule has 152 valence electrons. The van der Waals surface area contributed by atoms with Gasteiger partial charge in [0.1, 0.15) is 11.6 Å². The molecule has 6 N–H and O–H groups in total. The second-order valence-corrected chi connectivity index (χ2v) is 6.12. The fourth-order valence-electron chi connectivity index (χ4n) is 2.64. The van der Waals surface area contributed by atoms with Gasteiger partial charge in [0.15, 0.2) is 0 Å². The Hall–Kier alpha value is -3.18. The summed E-state index contributed by atoms with van der Waals surface area (Å²) in [6.07, 6.45) is 1.41. The van der Waals surface area contributed by atoms with E-state index in [4.69, 9.17) is 16.7 Å². The number of amides is 4. The SMILES string of the molecule is CC(=O)N(C[C@H](N)C(=O)O)N1C(=O)N[C@](C)(c2ccc(C=NN)cc2)C1=O.Cl. The number of urea groups is 1. The van der Waals surface area contributed by atoms with Crippen LogP contribution in [-0.4, -0.2) is 57.7 Å². The number of hydrazine groups is 1. The summed E-state index contributed by atoms with van der Waals surface area (Å²) < 4.78 is 0. The Morgan fingerprint density at radius 1 is 1.36 bits per heavy atom. The molecule has 4 amide bonds. The summed E-state index contributed by atoms with van der Waals surface area (Å²) in [7, 11) is 0. The Labute approximate surface area is 166 Å². The molecule has 0 aliphatic carbocycles. The molecule has 11 nitrogen and oxygen atoms in total. The van der Waals surface area contributed by atoms with E-state index in [0.717, 1.165) is 11.9 Å². The Kier molecular flexibility index (Phi) is 7.08. The molecule has 0 aromatic heterocycles. The Morgan fingerprint density at radius 3 is 2.39 bits per heavy atom. The molecule has 1 saturated heterocycles. The molecule has 0 spiro atoms. The van der Waals surface area contributed by atoms with E-state index in [9.17, 15) is 19.2 Å². The van der Waals surface area contributed by atoms with Gasteiger partial charge in [-0.3, -0.25) is 14.4 Å². The van der Waals surface area contributed by atoms with Crippen LogP contribution in [0.1, 0.15) is 25.0 Å². The summed E-state index contributed by atoms with van der Waals surface area (Å²) >= 11 is 0. The minimum absolute atomic E-state index is 0. The van der Waals surface area contributed by atoms with Crippen molar-refractivity contribution in [1.82, 2.24) is 15.3 Å². The number of aliphatic carboxylic acids is 1. The number of nitrogens with zero attached hydrogens (tertiary/aromatic N) is 3. The maximum Gasteiger partial charge on any atom is 0.344 e. The number of nitrogens with one attached hydrogen (secondary N) is 1. The second kappa shape index (κ2) is 8.67. The Morgan fingerprint density at radius 2 is 1.93 bits per heavy atom. The first-order chi connectivity index (χ1) is 12.6. The Balaban J connectivity index is 0.00000392. The van der Waals surface area contributed by atoms with Crippen LogP contribution in [0.25, 0.3) is 0 Å². The van der Waals surface area contributed by atoms with E-state index in [1.54, 1.807) is 24.3 Å². The van der Waals surface area contributed by atoms with Gasteiger partial charge in [-0.15, -0.1) is 12.4 Å². The minimum atomic E-state index is -1.46. The number of benzene rings is 1. The van der Waals surface area contributed by atoms with Gasteiger partial charge >= 0.3 is 12.0 Å². The predicted octanol–water partition coefficient (Wildman–Crippen LogP) is -0.657. The molecule has 1 aliphatic rings. The van der Waals surface area contributed by atoms with E-state index in [0.29, 0.717) is 16.1 Å². The quantitative estimate of drug-likeness (QED) is 0.208. The summed E-state index contributed by atoms with van der Waals surface area (Å²) in [5.41, 5.74) is 5.16. The van der Waals surface area contributed by atoms with E-state index >= 15 is 0 Å². The van der Waals surface area contributed by atoms with Gasteiger partial charge in [0.2, 0.25) is 5.91 Å². The summed E-state index contributed by atoms with van der Waals surface area (Å²) in [4.78, 5) is 48.3. The van der Waals surface area contributed by atoms with Crippen LogP contribution < -0.4 is 16.9 Å². The van der Waals surface area contributed by atoms with E-state index in [1.165, 1.54) is 13.1 Å². The molecule has 0 unspecified atom stereocenters. The highest BCUT2D eigenvalue weighted by molar-refractivity contribution is 6.08. The number of carbonyl (C=O) groups excluding carboxylic acids is 3. The lowest BCUT2D eigenvalue weighted by Crippen LogP contribution is -2.55. The molecule has 1 fully saturated rings. The lowest BCUT2D eigenvalue weighted by molar-refractivity contribution is -0.157. The van der Waals surface area contributed by atoms with Gasteiger partial charge in [0.25, 0.3) is 5.91 Å². The molecular formula is C16H21ClN6O5. The predicted molar refractivity (Wildman–Crippen MR) is 101 cm³/mol. The van der Waals surface area contributed by atoms with E-state index in [-0.39, 0.29) is 12.4 Å². The van der Waals surface area contributed by atoms with Gasteiger partial charge in [0, 0.05) is 6.92 Å². The number of carbonyl (C=O) groups is 4. The molecule has 1 aromatic carbocycles. The van der Waals surface area contributed by atoms with Gasteiger partial charge in [-0.25, -0.2) is 9.80 Å². The molecular weight excluding hydrogens is 392 g/mol. The van der Waals surface area contributed by atoms with Crippen LogP contribution in [0.2, 0.25) is 0 Å². The molecule has 0 bridgehead atoms. The van der Waals surface area contributed by atoms with Crippen LogP contribution in [-0.2, 0) is 19.9 Å². The Bertz CT molecular complexity index is 814. The molecule has 28 heavy (non-hydrogen) atoms. The molecule has 1 heterocycles. The van der Waals surface area contributed by atoms with Crippen molar-refractivity contribution < 1.29 is 24.3 Å².